The largest absolute Gasteiger partial charge is 0.490 e. The molecular weight excluding hydrogens is 477 g/mol. The van der Waals surface area contributed by atoms with Gasteiger partial charge in [0.2, 0.25) is 0 Å². The van der Waals surface area contributed by atoms with Crippen LogP contribution >= 0.6 is 22.6 Å². The summed E-state index contributed by atoms with van der Waals surface area (Å²) in [5.41, 5.74) is 1.55. The summed E-state index contributed by atoms with van der Waals surface area (Å²) in [6.45, 7) is 8.20. The minimum absolute atomic E-state index is 0.142. The van der Waals surface area contributed by atoms with Crippen LogP contribution in [-0.4, -0.2) is 23.7 Å². The van der Waals surface area contributed by atoms with Crippen molar-refractivity contribution in [1.29, 1.82) is 0 Å². The molecule has 4 nitrogen and oxygen atoms in total. The van der Waals surface area contributed by atoms with Crippen molar-refractivity contribution in [2.75, 3.05) is 6.54 Å². The number of carbonyl (C=O) groups is 1. The van der Waals surface area contributed by atoms with E-state index in [9.17, 15) is 4.79 Å². The van der Waals surface area contributed by atoms with Crippen molar-refractivity contribution in [3.63, 3.8) is 0 Å². The van der Waals surface area contributed by atoms with Crippen LogP contribution in [0.2, 0.25) is 0 Å². The van der Waals surface area contributed by atoms with Crippen molar-refractivity contribution in [3.8, 4) is 5.75 Å². The number of benzene rings is 2. The third-order valence-corrected chi connectivity index (χ3v) is 6.88. The molecule has 2 aromatic rings. The van der Waals surface area contributed by atoms with Crippen molar-refractivity contribution in [3.05, 3.63) is 39.5 Å². The first-order chi connectivity index (χ1) is 13.7. The fourth-order valence-corrected chi connectivity index (χ4v) is 4.95. The molecule has 1 saturated carbocycles. The number of carboxylic acids is 1. The average Bonchev–Trinajstić information content (AvgIpc) is 2.65. The summed E-state index contributed by atoms with van der Waals surface area (Å²) in [6, 6.07) is 10.7. The molecular formula is C24H32INO3. The van der Waals surface area contributed by atoms with Crippen molar-refractivity contribution in [2.24, 2.45) is 11.3 Å². The van der Waals surface area contributed by atoms with E-state index in [4.69, 9.17) is 9.84 Å². The second-order valence-corrected chi connectivity index (χ2v) is 10.4. The molecule has 0 radical (unpaired) electrons. The number of nitrogens with one attached hydrogen (secondary N) is 1. The monoisotopic (exact) mass is 509 g/mol. The summed E-state index contributed by atoms with van der Waals surface area (Å²) in [7, 11) is 0. The summed E-state index contributed by atoms with van der Waals surface area (Å²) >= 11 is 2.38. The molecule has 0 bridgehead atoms. The van der Waals surface area contributed by atoms with Crippen molar-refractivity contribution < 1.29 is 14.6 Å². The quantitative estimate of drug-likeness (QED) is 0.356. The molecule has 1 aliphatic carbocycles. The zero-order valence-corrected chi connectivity index (χ0v) is 19.8. The number of hydrogen-bond acceptors (Lipinski definition) is 3. The van der Waals surface area contributed by atoms with Crippen LogP contribution in [0.5, 0.6) is 5.75 Å². The van der Waals surface area contributed by atoms with E-state index in [0.29, 0.717) is 24.6 Å². The first-order valence-corrected chi connectivity index (χ1v) is 11.6. The number of ether oxygens (including phenoxy) is 1. The predicted molar refractivity (Wildman–Crippen MR) is 126 cm³/mol. The lowest BCUT2D eigenvalue weighted by Gasteiger charge is -2.37. The van der Waals surface area contributed by atoms with Crippen LogP contribution in [-0.2, 0) is 11.3 Å². The van der Waals surface area contributed by atoms with Gasteiger partial charge in [0.25, 0.3) is 0 Å². The molecule has 0 saturated heterocycles. The minimum atomic E-state index is -0.773. The molecule has 1 fully saturated rings. The highest BCUT2D eigenvalue weighted by Crippen LogP contribution is 2.39. The number of aliphatic carboxylic acids is 1. The third-order valence-electron chi connectivity index (χ3n) is 5.99. The van der Waals surface area contributed by atoms with Crippen molar-refractivity contribution >= 4 is 39.3 Å². The molecule has 0 amide bonds. The second kappa shape index (κ2) is 9.65. The molecule has 2 N–H and O–H groups in total. The van der Waals surface area contributed by atoms with Gasteiger partial charge in [-0.25, -0.2) is 0 Å². The zero-order chi connectivity index (χ0) is 21.0. The van der Waals surface area contributed by atoms with Gasteiger partial charge in [-0.2, -0.15) is 0 Å². The van der Waals surface area contributed by atoms with Gasteiger partial charge < -0.3 is 15.2 Å². The Hall–Kier alpha value is -1.34. The van der Waals surface area contributed by atoms with Crippen molar-refractivity contribution in [1.82, 2.24) is 5.32 Å². The van der Waals surface area contributed by atoms with Crippen molar-refractivity contribution in [2.45, 2.75) is 65.5 Å². The Labute approximate surface area is 187 Å². The first kappa shape index (κ1) is 22.3. The van der Waals surface area contributed by atoms with Gasteiger partial charge in [-0.3, -0.25) is 4.79 Å². The SMILES string of the molecule is CC(C)(C)[C@H]1CC[C@H](Oc2cc(I)c3cc(CNCCC(=O)O)ccc3c2)CC1. The summed E-state index contributed by atoms with van der Waals surface area (Å²) in [6.07, 6.45) is 5.23. The molecule has 3 rings (SSSR count). The second-order valence-electron chi connectivity index (χ2n) is 9.24. The molecule has 0 spiro atoms. The lowest BCUT2D eigenvalue weighted by Crippen LogP contribution is -2.30. The molecule has 5 heteroatoms. The van der Waals surface area contributed by atoms with E-state index in [2.05, 4.69) is 79.0 Å². The predicted octanol–water partition coefficient (Wildman–Crippen LogP) is 5.99. The number of hydrogen-bond donors (Lipinski definition) is 2. The fraction of sp³-hybridized carbons (Fsp3) is 0.542. The Balaban J connectivity index is 1.62. The van der Waals surface area contributed by atoms with Gasteiger partial charge in [0, 0.05) is 16.7 Å². The van der Waals surface area contributed by atoms with Gasteiger partial charge in [0.1, 0.15) is 5.75 Å². The summed E-state index contributed by atoms with van der Waals surface area (Å²) < 4.78 is 7.55. The molecule has 29 heavy (non-hydrogen) atoms. The number of carboxylic acid groups (broad SMARTS) is 1. The van der Waals surface area contributed by atoms with E-state index >= 15 is 0 Å². The molecule has 1 aliphatic rings. The van der Waals surface area contributed by atoms with E-state index in [1.807, 2.05) is 0 Å². The molecule has 2 aromatic carbocycles. The molecule has 0 aromatic heterocycles. The maximum absolute atomic E-state index is 10.6. The van der Waals surface area contributed by atoms with Crippen LogP contribution < -0.4 is 10.1 Å². The first-order valence-electron chi connectivity index (χ1n) is 10.5. The number of fused-ring (bicyclic) bond motifs is 1. The molecule has 0 aliphatic heterocycles. The fourth-order valence-electron chi connectivity index (χ4n) is 4.18. The van der Waals surface area contributed by atoms with Gasteiger partial charge in [0.15, 0.2) is 0 Å². The highest BCUT2D eigenvalue weighted by molar-refractivity contribution is 14.1. The summed E-state index contributed by atoms with van der Waals surface area (Å²) in [5.74, 6) is 0.986. The Morgan fingerprint density at radius 2 is 1.90 bits per heavy atom. The molecule has 158 valence electrons. The lowest BCUT2D eigenvalue weighted by molar-refractivity contribution is -0.136. The average molecular weight is 509 g/mol. The Kier molecular flexibility index (Phi) is 7.43. The third kappa shape index (κ3) is 6.32. The Morgan fingerprint density at radius 3 is 2.55 bits per heavy atom. The van der Waals surface area contributed by atoms with Crippen LogP contribution in [0.3, 0.4) is 0 Å². The van der Waals surface area contributed by atoms with Crippen LogP contribution in [0.25, 0.3) is 10.8 Å². The van der Waals surface area contributed by atoms with Crippen LogP contribution in [0.4, 0.5) is 0 Å². The molecule has 0 heterocycles. The van der Waals surface area contributed by atoms with Gasteiger partial charge in [-0.15, -0.1) is 0 Å². The van der Waals surface area contributed by atoms with E-state index < -0.39 is 5.97 Å². The maximum Gasteiger partial charge on any atom is 0.304 e. The lowest BCUT2D eigenvalue weighted by atomic mass is 9.72. The van der Waals surface area contributed by atoms with Gasteiger partial charge in [-0.1, -0.05) is 32.9 Å². The highest BCUT2D eigenvalue weighted by Gasteiger charge is 2.30. The number of rotatable bonds is 7. The van der Waals surface area contributed by atoms with Gasteiger partial charge in [0.05, 0.1) is 12.5 Å². The zero-order valence-electron chi connectivity index (χ0n) is 17.6. The normalized spacial score (nSPS) is 20.0. The smallest absolute Gasteiger partial charge is 0.304 e. The minimum Gasteiger partial charge on any atom is -0.490 e. The van der Waals surface area contributed by atoms with E-state index in [0.717, 1.165) is 30.1 Å². The summed E-state index contributed by atoms with van der Waals surface area (Å²) in [5, 5.41) is 14.3. The van der Waals surface area contributed by atoms with E-state index in [1.54, 1.807) is 0 Å². The Bertz CT molecular complexity index is 851. The highest BCUT2D eigenvalue weighted by atomic mass is 127. The van der Waals surface area contributed by atoms with Crippen LogP contribution in [0, 0.1) is 14.9 Å². The number of halogens is 1. The topological polar surface area (TPSA) is 58.6 Å². The van der Waals surface area contributed by atoms with Crippen LogP contribution in [0.1, 0.15) is 58.4 Å². The summed E-state index contributed by atoms with van der Waals surface area (Å²) in [4.78, 5) is 10.6. The standard InChI is InChI=1S/C24H32INO3/c1-24(2,3)18-6-8-19(9-7-18)29-20-13-17-5-4-16(12-21(17)22(25)14-20)15-26-11-10-23(27)28/h4-5,12-14,18-19,26H,6-11,15H2,1-3H3,(H,27,28)/t18-,19-. The van der Waals surface area contributed by atoms with E-state index in [1.165, 1.54) is 27.2 Å². The van der Waals surface area contributed by atoms with E-state index in [-0.39, 0.29) is 6.42 Å². The Morgan fingerprint density at radius 1 is 1.17 bits per heavy atom. The van der Waals surface area contributed by atoms with Gasteiger partial charge in [-0.05, 0) is 94.1 Å². The van der Waals surface area contributed by atoms with Crippen LogP contribution in [0.15, 0.2) is 30.3 Å². The van der Waals surface area contributed by atoms with Gasteiger partial charge >= 0.3 is 5.97 Å². The maximum atomic E-state index is 10.6. The molecule has 0 atom stereocenters. The molecule has 0 unspecified atom stereocenters.